The molecule has 0 saturated carbocycles. The van der Waals surface area contributed by atoms with Crippen LogP contribution in [0.5, 0.6) is 0 Å². The van der Waals surface area contributed by atoms with E-state index in [1.54, 1.807) is 13.8 Å². The van der Waals surface area contributed by atoms with E-state index in [1.165, 1.54) is 16.8 Å². The summed E-state index contributed by atoms with van der Waals surface area (Å²) in [7, 11) is 0. The zero-order valence-corrected chi connectivity index (χ0v) is 9.51. The van der Waals surface area contributed by atoms with E-state index >= 15 is 0 Å². The zero-order valence-electron chi connectivity index (χ0n) is 9.51. The zero-order chi connectivity index (χ0) is 13.2. The molecule has 1 aromatic heterocycles. The van der Waals surface area contributed by atoms with Crippen molar-refractivity contribution in [3.8, 4) is 0 Å². The maximum Gasteiger partial charge on any atom is 0.405 e. The van der Waals surface area contributed by atoms with Crippen LogP contribution in [0.15, 0.2) is 12.3 Å². The van der Waals surface area contributed by atoms with Gasteiger partial charge in [0.05, 0.1) is 5.69 Å². The lowest BCUT2D eigenvalue weighted by atomic mass is 10.3. The van der Waals surface area contributed by atoms with Crippen LogP contribution >= 0.6 is 0 Å². The summed E-state index contributed by atoms with van der Waals surface area (Å²) in [6.45, 7) is 2.26. The first kappa shape index (κ1) is 13.4. The minimum atomic E-state index is -4.42. The molecule has 0 aliphatic rings. The number of halogens is 3. The highest BCUT2D eigenvalue weighted by Crippen LogP contribution is 2.17. The van der Waals surface area contributed by atoms with Crippen molar-refractivity contribution in [1.29, 1.82) is 0 Å². The summed E-state index contributed by atoms with van der Waals surface area (Å²) in [5, 5.41) is 1.81. The van der Waals surface area contributed by atoms with Crippen molar-refractivity contribution in [1.82, 2.24) is 9.88 Å². The summed E-state index contributed by atoms with van der Waals surface area (Å²) < 4.78 is 37.4. The van der Waals surface area contributed by atoms with E-state index in [0.29, 0.717) is 5.69 Å². The van der Waals surface area contributed by atoms with Crippen LogP contribution < -0.4 is 11.1 Å². The van der Waals surface area contributed by atoms with Gasteiger partial charge in [-0.15, -0.1) is 0 Å². The lowest BCUT2D eigenvalue weighted by molar-refractivity contribution is -0.123. The number of rotatable bonds is 3. The van der Waals surface area contributed by atoms with E-state index in [2.05, 4.69) is 0 Å². The first-order valence-electron chi connectivity index (χ1n) is 5.03. The van der Waals surface area contributed by atoms with Crippen LogP contribution in [0.2, 0.25) is 0 Å². The van der Waals surface area contributed by atoms with Crippen LogP contribution in [0.25, 0.3) is 0 Å². The number of nitrogens with one attached hydrogen (secondary N) is 1. The smallest absolute Gasteiger partial charge is 0.397 e. The van der Waals surface area contributed by atoms with Crippen LogP contribution in [0.3, 0.4) is 0 Å². The average Bonchev–Trinajstić information content (AvgIpc) is 2.55. The van der Waals surface area contributed by atoms with Gasteiger partial charge in [-0.3, -0.25) is 4.79 Å². The summed E-state index contributed by atoms with van der Waals surface area (Å²) >= 11 is 0. The van der Waals surface area contributed by atoms with Crippen molar-refractivity contribution in [2.45, 2.75) is 26.1 Å². The van der Waals surface area contributed by atoms with Crippen molar-refractivity contribution in [3.05, 3.63) is 18.0 Å². The molecule has 0 saturated heterocycles. The number of alkyl halides is 3. The van der Waals surface area contributed by atoms with Crippen LogP contribution in [0, 0.1) is 0 Å². The maximum absolute atomic E-state index is 11.9. The molecule has 0 spiro atoms. The molecule has 1 amide bonds. The predicted molar refractivity (Wildman–Crippen MR) is 57.6 cm³/mol. The lowest BCUT2D eigenvalue weighted by Gasteiger charge is -2.13. The molecule has 1 aromatic rings. The SMILES string of the molecule is CC(C)n1cc(N)cc1C(=O)NCC(F)(F)F. The van der Waals surface area contributed by atoms with Gasteiger partial charge >= 0.3 is 6.18 Å². The van der Waals surface area contributed by atoms with Crippen LogP contribution in [-0.2, 0) is 0 Å². The topological polar surface area (TPSA) is 60.0 Å². The largest absolute Gasteiger partial charge is 0.405 e. The standard InChI is InChI=1S/C10H14F3N3O/c1-6(2)16-4-7(14)3-8(16)9(17)15-5-10(11,12)13/h3-4,6H,5,14H2,1-2H3,(H,15,17). The fourth-order valence-corrected chi connectivity index (χ4v) is 1.38. The number of hydrogen-bond acceptors (Lipinski definition) is 2. The molecule has 0 aliphatic carbocycles. The minimum absolute atomic E-state index is 0.0565. The number of nitrogens with zero attached hydrogens (tertiary/aromatic N) is 1. The Morgan fingerprint density at radius 3 is 2.59 bits per heavy atom. The van der Waals surface area contributed by atoms with Crippen molar-refractivity contribution in [3.63, 3.8) is 0 Å². The molecule has 3 N–H and O–H groups in total. The van der Waals surface area contributed by atoms with Gasteiger partial charge in [0.1, 0.15) is 12.2 Å². The van der Waals surface area contributed by atoms with Gasteiger partial charge in [0.15, 0.2) is 0 Å². The minimum Gasteiger partial charge on any atom is -0.397 e. The van der Waals surface area contributed by atoms with Gasteiger partial charge < -0.3 is 15.6 Å². The number of amides is 1. The average molecular weight is 249 g/mol. The van der Waals surface area contributed by atoms with E-state index < -0.39 is 18.6 Å². The molecule has 0 unspecified atom stereocenters. The van der Waals surface area contributed by atoms with E-state index in [9.17, 15) is 18.0 Å². The van der Waals surface area contributed by atoms with Crippen molar-refractivity contribution >= 4 is 11.6 Å². The number of hydrogen-bond donors (Lipinski definition) is 2. The van der Waals surface area contributed by atoms with Crippen LogP contribution in [-0.4, -0.2) is 23.2 Å². The molecule has 1 rings (SSSR count). The molecule has 1 heterocycles. The molecule has 0 fully saturated rings. The number of nitrogen functional groups attached to an aromatic ring is 1. The molecular weight excluding hydrogens is 235 g/mol. The number of carbonyl (C=O) groups is 1. The molecule has 0 aliphatic heterocycles. The normalized spacial score (nSPS) is 11.9. The summed E-state index contributed by atoms with van der Waals surface area (Å²) in [6, 6.07) is 1.30. The second-order valence-corrected chi connectivity index (χ2v) is 3.96. The number of anilines is 1. The maximum atomic E-state index is 11.9. The molecule has 17 heavy (non-hydrogen) atoms. The van der Waals surface area contributed by atoms with Gasteiger partial charge in [-0.05, 0) is 19.9 Å². The second kappa shape index (κ2) is 4.68. The molecule has 0 radical (unpaired) electrons. The molecule has 0 bridgehead atoms. The summed E-state index contributed by atoms with van der Waals surface area (Å²) in [5.74, 6) is -0.785. The summed E-state index contributed by atoms with van der Waals surface area (Å²) in [6.07, 6.45) is -2.90. The fraction of sp³-hybridized carbons (Fsp3) is 0.500. The third kappa shape index (κ3) is 3.69. The first-order valence-corrected chi connectivity index (χ1v) is 5.03. The Morgan fingerprint density at radius 2 is 2.12 bits per heavy atom. The van der Waals surface area contributed by atoms with Gasteiger partial charge in [-0.25, -0.2) is 0 Å². The monoisotopic (exact) mass is 249 g/mol. The number of nitrogens with two attached hydrogens (primary N) is 1. The third-order valence-corrected chi connectivity index (χ3v) is 2.11. The highest BCUT2D eigenvalue weighted by molar-refractivity contribution is 5.93. The van der Waals surface area contributed by atoms with E-state index in [1.807, 2.05) is 5.32 Å². The van der Waals surface area contributed by atoms with Gasteiger partial charge in [-0.2, -0.15) is 13.2 Å². The van der Waals surface area contributed by atoms with Crippen LogP contribution in [0.1, 0.15) is 30.4 Å². The van der Waals surface area contributed by atoms with Gasteiger partial charge in [-0.1, -0.05) is 0 Å². The molecule has 96 valence electrons. The highest BCUT2D eigenvalue weighted by atomic mass is 19.4. The van der Waals surface area contributed by atoms with E-state index in [4.69, 9.17) is 5.73 Å². The fourth-order valence-electron chi connectivity index (χ4n) is 1.38. The van der Waals surface area contributed by atoms with Crippen molar-refractivity contribution in [2.75, 3.05) is 12.3 Å². The summed E-state index contributed by atoms with van der Waals surface area (Å²) in [4.78, 5) is 11.5. The van der Waals surface area contributed by atoms with Gasteiger partial charge in [0.25, 0.3) is 5.91 Å². The van der Waals surface area contributed by atoms with Gasteiger partial charge in [0.2, 0.25) is 0 Å². The molecule has 0 aromatic carbocycles. The predicted octanol–water partition coefficient (Wildman–Crippen LogP) is 1.94. The molecule has 7 heteroatoms. The summed E-state index contributed by atoms with van der Waals surface area (Å²) in [5.41, 5.74) is 5.98. The second-order valence-electron chi connectivity index (χ2n) is 3.96. The van der Waals surface area contributed by atoms with Crippen molar-refractivity contribution < 1.29 is 18.0 Å². The lowest BCUT2D eigenvalue weighted by Crippen LogP contribution is -2.34. The number of aromatic nitrogens is 1. The Balaban J connectivity index is 2.82. The molecule has 4 nitrogen and oxygen atoms in total. The van der Waals surface area contributed by atoms with E-state index in [-0.39, 0.29) is 11.7 Å². The quantitative estimate of drug-likeness (QED) is 0.860. The Labute approximate surface area is 96.6 Å². The third-order valence-electron chi connectivity index (χ3n) is 2.11. The number of carbonyl (C=O) groups excluding carboxylic acids is 1. The highest BCUT2D eigenvalue weighted by Gasteiger charge is 2.28. The molecule has 0 atom stereocenters. The van der Waals surface area contributed by atoms with Crippen molar-refractivity contribution in [2.24, 2.45) is 0 Å². The Kier molecular flexibility index (Phi) is 3.69. The van der Waals surface area contributed by atoms with Gasteiger partial charge in [0, 0.05) is 12.2 Å². The Bertz CT molecular complexity index is 409. The Hall–Kier alpha value is -1.66. The Morgan fingerprint density at radius 1 is 1.53 bits per heavy atom. The molecular formula is C10H14F3N3O. The van der Waals surface area contributed by atoms with E-state index in [0.717, 1.165) is 0 Å². The first-order chi connectivity index (χ1) is 7.70. The van der Waals surface area contributed by atoms with Crippen LogP contribution in [0.4, 0.5) is 18.9 Å².